The summed E-state index contributed by atoms with van der Waals surface area (Å²) in [5.74, 6) is 1.28. The van der Waals surface area contributed by atoms with Crippen LogP contribution in [0.2, 0.25) is 5.02 Å². The standard InChI is InChI=1S/C20H20ClN3O2/c1-24-12-11-22-20(24)19(15-8-4-6-10-17(15)26-2)23-18(25)13-14-7-3-5-9-16(14)21/h3-12,19H,13H2,1-2H3,(H,23,25). The highest BCUT2D eigenvalue weighted by Crippen LogP contribution is 2.29. The van der Waals surface area contributed by atoms with E-state index in [0.29, 0.717) is 10.8 Å². The molecule has 0 aliphatic heterocycles. The fourth-order valence-electron chi connectivity index (χ4n) is 2.87. The second-order valence-electron chi connectivity index (χ2n) is 5.91. The van der Waals surface area contributed by atoms with Gasteiger partial charge in [-0.2, -0.15) is 0 Å². The number of amides is 1. The first-order chi connectivity index (χ1) is 12.6. The van der Waals surface area contributed by atoms with Crippen LogP contribution in [0.3, 0.4) is 0 Å². The number of carbonyl (C=O) groups excluding carboxylic acids is 1. The average Bonchev–Trinajstić information content (AvgIpc) is 3.07. The van der Waals surface area contributed by atoms with E-state index in [-0.39, 0.29) is 12.3 Å². The van der Waals surface area contributed by atoms with Crippen LogP contribution in [0.25, 0.3) is 0 Å². The summed E-state index contributed by atoms with van der Waals surface area (Å²) < 4.78 is 7.36. The molecule has 0 bridgehead atoms. The molecule has 3 aromatic rings. The Morgan fingerprint density at radius 3 is 2.65 bits per heavy atom. The van der Waals surface area contributed by atoms with Crippen molar-refractivity contribution < 1.29 is 9.53 Å². The average molecular weight is 370 g/mol. The molecule has 5 nitrogen and oxygen atoms in total. The van der Waals surface area contributed by atoms with E-state index in [1.807, 2.05) is 60.3 Å². The minimum atomic E-state index is -0.430. The molecule has 1 aromatic heterocycles. The highest BCUT2D eigenvalue weighted by Gasteiger charge is 2.24. The summed E-state index contributed by atoms with van der Waals surface area (Å²) in [6, 6.07) is 14.5. The third-order valence-corrected chi connectivity index (χ3v) is 4.55. The summed E-state index contributed by atoms with van der Waals surface area (Å²) >= 11 is 6.18. The normalized spacial score (nSPS) is 11.8. The van der Waals surface area contributed by atoms with Crippen molar-refractivity contribution in [2.24, 2.45) is 7.05 Å². The van der Waals surface area contributed by atoms with Crippen molar-refractivity contribution in [2.75, 3.05) is 7.11 Å². The van der Waals surface area contributed by atoms with Crippen LogP contribution in [0.5, 0.6) is 5.75 Å². The molecular weight excluding hydrogens is 350 g/mol. The van der Waals surface area contributed by atoms with Crippen molar-refractivity contribution in [1.29, 1.82) is 0 Å². The Morgan fingerprint density at radius 1 is 1.23 bits per heavy atom. The van der Waals surface area contributed by atoms with E-state index in [2.05, 4.69) is 10.3 Å². The number of nitrogens with zero attached hydrogens (tertiary/aromatic N) is 2. The number of rotatable bonds is 6. The largest absolute Gasteiger partial charge is 0.496 e. The molecule has 0 saturated heterocycles. The fourth-order valence-corrected chi connectivity index (χ4v) is 3.07. The van der Waals surface area contributed by atoms with E-state index in [4.69, 9.17) is 16.3 Å². The van der Waals surface area contributed by atoms with Gasteiger partial charge in [0.05, 0.1) is 13.5 Å². The van der Waals surface area contributed by atoms with Crippen molar-refractivity contribution in [3.05, 3.63) is 82.9 Å². The molecule has 2 aromatic carbocycles. The maximum atomic E-state index is 12.7. The number of halogens is 1. The predicted octanol–water partition coefficient (Wildman–Crippen LogP) is 3.53. The zero-order valence-corrected chi connectivity index (χ0v) is 15.4. The number of hydrogen-bond donors (Lipinski definition) is 1. The number of carbonyl (C=O) groups is 1. The number of methoxy groups -OCH3 is 1. The Kier molecular flexibility index (Phi) is 5.58. The molecule has 6 heteroatoms. The number of nitrogens with one attached hydrogen (secondary N) is 1. The molecule has 0 fully saturated rings. The maximum absolute atomic E-state index is 12.7. The van der Waals surface area contributed by atoms with Crippen molar-refractivity contribution in [3.63, 3.8) is 0 Å². The molecule has 0 saturated carbocycles. The molecule has 0 aliphatic rings. The van der Waals surface area contributed by atoms with E-state index in [1.54, 1.807) is 19.4 Å². The van der Waals surface area contributed by atoms with Gasteiger partial charge in [-0.25, -0.2) is 4.98 Å². The number of benzene rings is 2. The Balaban J connectivity index is 1.91. The maximum Gasteiger partial charge on any atom is 0.225 e. The van der Waals surface area contributed by atoms with Crippen LogP contribution in [-0.2, 0) is 18.3 Å². The highest BCUT2D eigenvalue weighted by molar-refractivity contribution is 6.31. The molecule has 3 rings (SSSR count). The Morgan fingerprint density at radius 2 is 1.96 bits per heavy atom. The van der Waals surface area contributed by atoms with Gasteiger partial charge in [0, 0.05) is 30.0 Å². The second-order valence-corrected chi connectivity index (χ2v) is 6.31. The van der Waals surface area contributed by atoms with Gasteiger partial charge < -0.3 is 14.6 Å². The van der Waals surface area contributed by atoms with E-state index >= 15 is 0 Å². The lowest BCUT2D eigenvalue weighted by molar-refractivity contribution is -0.121. The summed E-state index contributed by atoms with van der Waals surface area (Å²) in [7, 11) is 3.50. The number of imidazole rings is 1. The SMILES string of the molecule is COc1ccccc1C(NC(=O)Cc1ccccc1Cl)c1nccn1C. The molecule has 1 unspecified atom stereocenters. The zero-order chi connectivity index (χ0) is 18.5. The Bertz CT molecular complexity index is 907. The minimum absolute atomic E-state index is 0.142. The van der Waals surface area contributed by atoms with Gasteiger partial charge in [0.25, 0.3) is 0 Å². The number of aromatic nitrogens is 2. The van der Waals surface area contributed by atoms with E-state index < -0.39 is 6.04 Å². The Hall–Kier alpha value is -2.79. The number of ether oxygens (including phenoxy) is 1. The van der Waals surface area contributed by atoms with Crippen LogP contribution in [0, 0.1) is 0 Å². The number of para-hydroxylation sites is 1. The monoisotopic (exact) mass is 369 g/mol. The lowest BCUT2D eigenvalue weighted by atomic mass is 10.0. The fraction of sp³-hybridized carbons (Fsp3) is 0.200. The Labute approximate surface area is 157 Å². The minimum Gasteiger partial charge on any atom is -0.496 e. The van der Waals surface area contributed by atoms with Crippen LogP contribution in [-0.4, -0.2) is 22.6 Å². The number of hydrogen-bond acceptors (Lipinski definition) is 3. The van der Waals surface area contributed by atoms with E-state index in [9.17, 15) is 4.79 Å². The molecule has 1 N–H and O–H groups in total. The van der Waals surface area contributed by atoms with Gasteiger partial charge in [0.15, 0.2) is 0 Å². The van der Waals surface area contributed by atoms with Crippen molar-refractivity contribution in [1.82, 2.24) is 14.9 Å². The van der Waals surface area contributed by atoms with Crippen molar-refractivity contribution >= 4 is 17.5 Å². The predicted molar refractivity (Wildman–Crippen MR) is 101 cm³/mol. The molecule has 0 radical (unpaired) electrons. The topological polar surface area (TPSA) is 56.1 Å². The van der Waals surface area contributed by atoms with Gasteiger partial charge in [-0.15, -0.1) is 0 Å². The summed E-state index contributed by atoms with van der Waals surface area (Å²) in [6.45, 7) is 0. The van der Waals surface area contributed by atoms with Crippen LogP contribution < -0.4 is 10.1 Å². The third kappa shape index (κ3) is 3.89. The molecule has 1 amide bonds. The van der Waals surface area contributed by atoms with Crippen LogP contribution >= 0.6 is 11.6 Å². The molecule has 1 heterocycles. The molecule has 0 spiro atoms. The first-order valence-corrected chi connectivity index (χ1v) is 8.61. The third-order valence-electron chi connectivity index (χ3n) is 4.18. The highest BCUT2D eigenvalue weighted by atomic mass is 35.5. The first-order valence-electron chi connectivity index (χ1n) is 8.23. The summed E-state index contributed by atoms with van der Waals surface area (Å²) in [5.41, 5.74) is 1.63. The molecule has 1 atom stereocenters. The van der Waals surface area contributed by atoms with Crippen molar-refractivity contribution in [2.45, 2.75) is 12.5 Å². The second kappa shape index (κ2) is 8.06. The lowest BCUT2D eigenvalue weighted by Crippen LogP contribution is -2.32. The smallest absolute Gasteiger partial charge is 0.225 e. The molecule has 0 aliphatic carbocycles. The van der Waals surface area contributed by atoms with Gasteiger partial charge in [-0.3, -0.25) is 4.79 Å². The summed E-state index contributed by atoms with van der Waals surface area (Å²) in [5, 5.41) is 3.64. The van der Waals surface area contributed by atoms with E-state index in [1.165, 1.54) is 0 Å². The van der Waals surface area contributed by atoms with Gasteiger partial charge in [-0.1, -0.05) is 48.0 Å². The van der Waals surface area contributed by atoms with E-state index in [0.717, 1.165) is 17.0 Å². The summed E-state index contributed by atoms with van der Waals surface area (Å²) in [4.78, 5) is 17.1. The first kappa shape index (κ1) is 18.0. The lowest BCUT2D eigenvalue weighted by Gasteiger charge is -2.21. The summed E-state index contributed by atoms with van der Waals surface area (Å²) in [6.07, 6.45) is 3.74. The van der Waals surface area contributed by atoms with Crippen LogP contribution in [0.4, 0.5) is 0 Å². The van der Waals surface area contributed by atoms with Crippen molar-refractivity contribution in [3.8, 4) is 5.75 Å². The van der Waals surface area contributed by atoms with Gasteiger partial charge in [-0.05, 0) is 17.7 Å². The van der Waals surface area contributed by atoms with Crippen LogP contribution in [0.1, 0.15) is 23.0 Å². The molecular formula is C20H20ClN3O2. The van der Waals surface area contributed by atoms with Gasteiger partial charge >= 0.3 is 0 Å². The van der Waals surface area contributed by atoms with Crippen LogP contribution in [0.15, 0.2) is 60.9 Å². The molecule has 134 valence electrons. The number of aryl methyl sites for hydroxylation is 1. The van der Waals surface area contributed by atoms with Gasteiger partial charge in [0.2, 0.25) is 5.91 Å². The zero-order valence-electron chi connectivity index (χ0n) is 14.6. The van der Waals surface area contributed by atoms with Gasteiger partial charge in [0.1, 0.15) is 17.6 Å². The molecule has 26 heavy (non-hydrogen) atoms. The quantitative estimate of drug-likeness (QED) is 0.723.